The van der Waals surface area contributed by atoms with Crippen LogP contribution in [0.3, 0.4) is 0 Å². The van der Waals surface area contributed by atoms with E-state index >= 15 is 0 Å². The van der Waals surface area contributed by atoms with Crippen molar-refractivity contribution in [1.82, 2.24) is 10.3 Å². The summed E-state index contributed by atoms with van der Waals surface area (Å²) in [5.74, 6) is 0.637. The molecule has 1 fully saturated rings. The number of anilines is 1. The number of hydrogen-bond donors (Lipinski definition) is 2. The van der Waals surface area contributed by atoms with Crippen molar-refractivity contribution in [2.75, 3.05) is 19.4 Å². The summed E-state index contributed by atoms with van der Waals surface area (Å²) in [6.07, 6.45) is 8.69. The Kier molecular flexibility index (Phi) is 5.38. The van der Waals surface area contributed by atoms with E-state index in [2.05, 4.69) is 23.3 Å². The number of pyridine rings is 1. The van der Waals surface area contributed by atoms with Crippen molar-refractivity contribution in [3.63, 3.8) is 0 Å². The highest BCUT2D eigenvalue weighted by molar-refractivity contribution is 5.39. The first-order valence-electron chi connectivity index (χ1n) is 7.70. The van der Waals surface area contributed by atoms with Crippen LogP contribution in [-0.2, 0) is 11.2 Å². The lowest BCUT2D eigenvalue weighted by atomic mass is 9.77. The average Bonchev–Trinajstić information content (AvgIpc) is 2.49. The van der Waals surface area contributed by atoms with E-state index in [4.69, 9.17) is 10.5 Å². The molecule has 1 heterocycles. The molecule has 1 aromatic heterocycles. The van der Waals surface area contributed by atoms with E-state index in [1.807, 2.05) is 13.2 Å². The molecule has 4 nitrogen and oxygen atoms in total. The van der Waals surface area contributed by atoms with Gasteiger partial charge in [0.1, 0.15) is 5.82 Å². The monoisotopic (exact) mass is 277 g/mol. The van der Waals surface area contributed by atoms with Crippen LogP contribution in [0.4, 0.5) is 5.82 Å². The van der Waals surface area contributed by atoms with Crippen LogP contribution in [0, 0.1) is 0 Å². The Morgan fingerprint density at radius 3 is 2.75 bits per heavy atom. The third-order valence-corrected chi connectivity index (χ3v) is 4.54. The minimum absolute atomic E-state index is 0.0590. The smallest absolute Gasteiger partial charge is 0.126 e. The van der Waals surface area contributed by atoms with Crippen LogP contribution in [-0.4, -0.2) is 30.3 Å². The number of nitrogens with two attached hydrogens (primary N) is 1. The summed E-state index contributed by atoms with van der Waals surface area (Å²) in [6, 6.07) is 4.32. The highest BCUT2D eigenvalue weighted by atomic mass is 16.5. The summed E-state index contributed by atoms with van der Waals surface area (Å²) in [6.45, 7) is 3.09. The Labute approximate surface area is 122 Å². The lowest BCUT2D eigenvalue weighted by molar-refractivity contribution is -0.0669. The summed E-state index contributed by atoms with van der Waals surface area (Å²) >= 11 is 0. The lowest BCUT2D eigenvalue weighted by Gasteiger charge is -2.43. The van der Waals surface area contributed by atoms with E-state index in [0.717, 1.165) is 31.4 Å². The summed E-state index contributed by atoms with van der Waals surface area (Å²) in [4.78, 5) is 4.20. The van der Waals surface area contributed by atoms with Gasteiger partial charge in [0.15, 0.2) is 0 Å². The molecule has 4 heteroatoms. The van der Waals surface area contributed by atoms with Gasteiger partial charge in [0.25, 0.3) is 0 Å². The Morgan fingerprint density at radius 2 is 2.15 bits per heavy atom. The second-order valence-corrected chi connectivity index (χ2v) is 5.69. The summed E-state index contributed by atoms with van der Waals surface area (Å²) < 4.78 is 5.98. The van der Waals surface area contributed by atoms with Gasteiger partial charge in [-0.2, -0.15) is 0 Å². The molecule has 0 saturated heterocycles. The Hall–Kier alpha value is -1.13. The third-order valence-electron chi connectivity index (χ3n) is 4.54. The van der Waals surface area contributed by atoms with Crippen molar-refractivity contribution in [2.45, 2.75) is 57.1 Å². The van der Waals surface area contributed by atoms with E-state index in [9.17, 15) is 0 Å². The maximum absolute atomic E-state index is 6.00. The van der Waals surface area contributed by atoms with Gasteiger partial charge in [0.05, 0.1) is 5.60 Å². The van der Waals surface area contributed by atoms with Crippen LogP contribution in [0.15, 0.2) is 18.3 Å². The first kappa shape index (κ1) is 15.3. The van der Waals surface area contributed by atoms with Gasteiger partial charge in [-0.3, -0.25) is 0 Å². The fraction of sp³-hybridized carbons (Fsp3) is 0.688. The number of rotatable bonds is 6. The van der Waals surface area contributed by atoms with Crippen LogP contribution >= 0.6 is 0 Å². The van der Waals surface area contributed by atoms with Gasteiger partial charge >= 0.3 is 0 Å². The van der Waals surface area contributed by atoms with Gasteiger partial charge in [-0.1, -0.05) is 32.3 Å². The van der Waals surface area contributed by atoms with Crippen molar-refractivity contribution in [3.05, 3.63) is 23.9 Å². The fourth-order valence-electron chi connectivity index (χ4n) is 3.38. The molecule has 112 valence electrons. The van der Waals surface area contributed by atoms with Gasteiger partial charge in [0.2, 0.25) is 0 Å². The molecule has 1 aliphatic carbocycles. The first-order chi connectivity index (χ1) is 9.72. The maximum atomic E-state index is 6.00. The quantitative estimate of drug-likeness (QED) is 0.839. The molecule has 2 rings (SSSR count). The molecule has 1 aliphatic rings. The van der Waals surface area contributed by atoms with Crippen molar-refractivity contribution in [3.8, 4) is 0 Å². The van der Waals surface area contributed by atoms with Crippen molar-refractivity contribution in [2.24, 2.45) is 0 Å². The number of nitrogens with zero attached hydrogens (tertiary/aromatic N) is 1. The highest BCUT2D eigenvalue weighted by Crippen LogP contribution is 2.35. The Balaban J connectivity index is 2.19. The predicted molar refractivity (Wildman–Crippen MR) is 82.6 cm³/mol. The maximum Gasteiger partial charge on any atom is 0.126 e. The fourth-order valence-corrected chi connectivity index (χ4v) is 3.38. The van der Waals surface area contributed by atoms with Crippen LogP contribution in [0.1, 0.15) is 44.6 Å². The Morgan fingerprint density at radius 1 is 1.40 bits per heavy atom. The summed E-state index contributed by atoms with van der Waals surface area (Å²) in [5.41, 5.74) is 7.05. The summed E-state index contributed by atoms with van der Waals surface area (Å²) in [7, 11) is 1.85. The van der Waals surface area contributed by atoms with Gasteiger partial charge in [-0.05, 0) is 37.4 Å². The largest absolute Gasteiger partial charge is 0.383 e. The molecular weight excluding hydrogens is 250 g/mol. The van der Waals surface area contributed by atoms with E-state index < -0.39 is 0 Å². The molecule has 3 N–H and O–H groups in total. The van der Waals surface area contributed by atoms with Crippen LogP contribution in [0.2, 0.25) is 0 Å². The first-order valence-corrected chi connectivity index (χ1v) is 7.70. The van der Waals surface area contributed by atoms with E-state index in [1.165, 1.54) is 19.3 Å². The van der Waals surface area contributed by atoms with E-state index in [0.29, 0.717) is 11.9 Å². The lowest BCUT2D eigenvalue weighted by Crippen LogP contribution is -2.54. The SMILES string of the molecule is CCNC(Cc1cccnc1N)C1(OC)CCCCC1. The van der Waals surface area contributed by atoms with Crippen LogP contribution in [0.25, 0.3) is 0 Å². The molecule has 1 unspecified atom stereocenters. The normalized spacial score (nSPS) is 19.7. The molecule has 1 saturated carbocycles. The molecule has 0 bridgehead atoms. The van der Waals surface area contributed by atoms with Gasteiger partial charge in [-0.25, -0.2) is 4.98 Å². The molecule has 0 spiro atoms. The number of methoxy groups -OCH3 is 1. The van der Waals surface area contributed by atoms with Crippen molar-refractivity contribution in [1.29, 1.82) is 0 Å². The van der Waals surface area contributed by atoms with Crippen LogP contribution in [0.5, 0.6) is 0 Å². The number of nitrogens with one attached hydrogen (secondary N) is 1. The number of aromatic nitrogens is 1. The standard InChI is InChI=1S/C16H27N3O/c1-3-18-14(12-13-8-7-11-19-15(13)17)16(20-2)9-5-4-6-10-16/h7-8,11,14,18H,3-6,9-10,12H2,1-2H3,(H2,17,19). The summed E-state index contributed by atoms with van der Waals surface area (Å²) in [5, 5.41) is 3.61. The molecule has 0 aromatic carbocycles. The second kappa shape index (κ2) is 7.04. The van der Waals surface area contributed by atoms with Gasteiger partial charge < -0.3 is 15.8 Å². The van der Waals surface area contributed by atoms with Crippen molar-refractivity contribution >= 4 is 5.82 Å². The molecule has 1 atom stereocenters. The van der Waals surface area contributed by atoms with E-state index in [-0.39, 0.29) is 5.60 Å². The zero-order chi connectivity index (χ0) is 14.4. The number of likely N-dealkylation sites (N-methyl/N-ethyl adjacent to an activating group) is 1. The molecule has 0 aliphatic heterocycles. The van der Waals surface area contributed by atoms with Gasteiger partial charge in [-0.15, -0.1) is 0 Å². The average molecular weight is 277 g/mol. The molecule has 20 heavy (non-hydrogen) atoms. The Bertz CT molecular complexity index is 416. The predicted octanol–water partition coefficient (Wildman–Crippen LogP) is 2.53. The minimum atomic E-state index is -0.0590. The van der Waals surface area contributed by atoms with Crippen molar-refractivity contribution < 1.29 is 4.74 Å². The van der Waals surface area contributed by atoms with E-state index in [1.54, 1.807) is 6.20 Å². The topological polar surface area (TPSA) is 60.2 Å². The third kappa shape index (κ3) is 3.30. The second-order valence-electron chi connectivity index (χ2n) is 5.69. The minimum Gasteiger partial charge on any atom is -0.383 e. The number of ether oxygens (including phenoxy) is 1. The zero-order valence-electron chi connectivity index (χ0n) is 12.7. The zero-order valence-corrected chi connectivity index (χ0v) is 12.7. The molecule has 1 aromatic rings. The number of hydrogen-bond acceptors (Lipinski definition) is 4. The highest BCUT2D eigenvalue weighted by Gasteiger charge is 2.39. The van der Waals surface area contributed by atoms with Gasteiger partial charge in [0, 0.05) is 19.3 Å². The number of nitrogen functional groups attached to an aromatic ring is 1. The molecule has 0 radical (unpaired) electrons. The van der Waals surface area contributed by atoms with Crippen LogP contribution < -0.4 is 11.1 Å². The molecule has 0 amide bonds. The molecular formula is C16H27N3O.